The fraction of sp³-hybridized carbons (Fsp3) is 0.375. The molecule has 0 saturated heterocycles. The Morgan fingerprint density at radius 2 is 1.69 bits per heavy atom. The van der Waals surface area contributed by atoms with Crippen molar-refractivity contribution >= 4 is 10.8 Å². The quantitative estimate of drug-likeness (QED) is 0.677. The summed E-state index contributed by atoms with van der Waals surface area (Å²) in [5.41, 5.74) is 2.99. The molecule has 0 unspecified atom stereocenters. The van der Waals surface area contributed by atoms with Crippen LogP contribution in [0.5, 0.6) is 0 Å². The molecule has 0 aliphatic heterocycles. The van der Waals surface area contributed by atoms with E-state index in [1.165, 1.54) is 34.7 Å². The molecule has 2 rings (SSSR count). The maximum atomic E-state index is 2.28. The number of fused-ring (bicyclic) bond motifs is 1. The van der Waals surface area contributed by atoms with Gasteiger partial charge in [-0.1, -0.05) is 63.6 Å². The van der Waals surface area contributed by atoms with Gasteiger partial charge in [-0.3, -0.25) is 0 Å². The summed E-state index contributed by atoms with van der Waals surface area (Å²) in [6.45, 7) is 6.80. The van der Waals surface area contributed by atoms with Crippen LogP contribution in [-0.2, 0) is 6.42 Å². The second kappa shape index (κ2) is 4.69. The number of hydrogen-bond donors (Lipinski definition) is 0. The molecule has 0 aliphatic carbocycles. The summed E-state index contributed by atoms with van der Waals surface area (Å²) in [5, 5.41) is 2.87. The summed E-state index contributed by atoms with van der Waals surface area (Å²) in [4.78, 5) is 0. The number of hydrogen-bond acceptors (Lipinski definition) is 0. The average Bonchev–Trinajstić information content (AvgIpc) is 2.29. The van der Waals surface area contributed by atoms with Crippen LogP contribution in [-0.4, -0.2) is 0 Å². The van der Waals surface area contributed by atoms with Gasteiger partial charge in [0, 0.05) is 0 Å². The van der Waals surface area contributed by atoms with Gasteiger partial charge >= 0.3 is 0 Å². The number of benzene rings is 2. The van der Waals surface area contributed by atoms with E-state index in [9.17, 15) is 0 Å². The molecule has 0 N–H and O–H groups in total. The summed E-state index contributed by atoms with van der Waals surface area (Å²) in [5.74, 6) is 0.599. The van der Waals surface area contributed by atoms with Gasteiger partial charge in [-0.15, -0.1) is 0 Å². The van der Waals surface area contributed by atoms with Crippen molar-refractivity contribution in [3.05, 3.63) is 47.5 Å². The largest absolute Gasteiger partial charge is 0.0651 e. The minimum atomic E-state index is 0.599. The van der Waals surface area contributed by atoms with Gasteiger partial charge in [0.05, 0.1) is 0 Å². The predicted octanol–water partition coefficient (Wildman–Crippen LogP) is 4.92. The van der Waals surface area contributed by atoms with Crippen molar-refractivity contribution in [1.82, 2.24) is 0 Å². The van der Waals surface area contributed by atoms with Gasteiger partial charge in [-0.25, -0.2) is 0 Å². The first-order chi connectivity index (χ1) is 7.74. The molecule has 0 aliphatic rings. The molecule has 0 heterocycles. The molecular weight excluding hydrogens is 192 g/mol. The van der Waals surface area contributed by atoms with Crippen molar-refractivity contribution in [2.75, 3.05) is 0 Å². The molecular formula is C16H20. The topological polar surface area (TPSA) is 0 Å². The van der Waals surface area contributed by atoms with Crippen LogP contribution in [0.25, 0.3) is 10.8 Å². The van der Waals surface area contributed by atoms with Crippen LogP contribution in [0, 0.1) is 0 Å². The summed E-state index contributed by atoms with van der Waals surface area (Å²) in [6, 6.07) is 13.3. The maximum Gasteiger partial charge on any atom is -0.0117 e. The molecule has 0 amide bonds. The highest BCUT2D eigenvalue weighted by Crippen LogP contribution is 2.28. The van der Waals surface area contributed by atoms with Gasteiger partial charge in [-0.05, 0) is 34.2 Å². The molecule has 0 nitrogen and oxygen atoms in total. The van der Waals surface area contributed by atoms with Crippen LogP contribution in [0.4, 0.5) is 0 Å². The highest BCUT2D eigenvalue weighted by atomic mass is 14.1. The van der Waals surface area contributed by atoms with Crippen LogP contribution >= 0.6 is 0 Å². The molecule has 84 valence electrons. The van der Waals surface area contributed by atoms with E-state index in [-0.39, 0.29) is 0 Å². The molecule has 0 fully saturated rings. The fourth-order valence-corrected chi connectivity index (χ4v) is 2.41. The van der Waals surface area contributed by atoms with Gasteiger partial charge in [0.1, 0.15) is 0 Å². The van der Waals surface area contributed by atoms with E-state index in [1.54, 1.807) is 0 Å². The zero-order valence-electron chi connectivity index (χ0n) is 10.5. The first-order valence-corrected chi connectivity index (χ1v) is 6.24. The average molecular weight is 212 g/mol. The minimum absolute atomic E-state index is 0.599. The summed E-state index contributed by atoms with van der Waals surface area (Å²) in [6.07, 6.45) is 2.40. The van der Waals surface area contributed by atoms with E-state index in [4.69, 9.17) is 0 Å². The highest BCUT2D eigenvalue weighted by molar-refractivity contribution is 5.89. The van der Waals surface area contributed by atoms with Crippen molar-refractivity contribution in [2.45, 2.75) is 39.5 Å². The molecule has 0 spiro atoms. The lowest BCUT2D eigenvalue weighted by Gasteiger charge is -2.13. The van der Waals surface area contributed by atoms with Gasteiger partial charge in [-0.2, -0.15) is 0 Å². The van der Waals surface area contributed by atoms with Crippen LogP contribution in [0.15, 0.2) is 36.4 Å². The second-order valence-corrected chi connectivity index (χ2v) is 4.77. The Morgan fingerprint density at radius 1 is 1.00 bits per heavy atom. The minimum Gasteiger partial charge on any atom is -0.0651 e. The lowest BCUT2D eigenvalue weighted by molar-refractivity contribution is 0.870. The van der Waals surface area contributed by atoms with Gasteiger partial charge < -0.3 is 0 Å². The molecule has 2 aromatic carbocycles. The van der Waals surface area contributed by atoms with Crippen molar-refractivity contribution < 1.29 is 0 Å². The van der Waals surface area contributed by atoms with Gasteiger partial charge in [0.25, 0.3) is 0 Å². The number of aryl methyl sites for hydroxylation is 1. The summed E-state index contributed by atoms with van der Waals surface area (Å²) in [7, 11) is 0. The van der Waals surface area contributed by atoms with Crippen LogP contribution < -0.4 is 0 Å². The third kappa shape index (κ3) is 1.97. The van der Waals surface area contributed by atoms with E-state index >= 15 is 0 Å². The Kier molecular flexibility index (Phi) is 3.28. The van der Waals surface area contributed by atoms with E-state index in [2.05, 4.69) is 57.2 Å². The Bertz CT molecular complexity index is 475. The SMILES string of the molecule is CCCc1cccc2cccc(C(C)C)c12. The molecule has 0 saturated carbocycles. The number of rotatable bonds is 3. The van der Waals surface area contributed by atoms with E-state index < -0.39 is 0 Å². The molecule has 0 heteroatoms. The second-order valence-electron chi connectivity index (χ2n) is 4.77. The Hall–Kier alpha value is -1.30. The lowest BCUT2D eigenvalue weighted by Crippen LogP contribution is -1.94. The summed E-state index contributed by atoms with van der Waals surface area (Å²) < 4.78 is 0. The highest BCUT2D eigenvalue weighted by Gasteiger charge is 2.08. The van der Waals surface area contributed by atoms with Crippen LogP contribution in [0.1, 0.15) is 44.2 Å². The van der Waals surface area contributed by atoms with Crippen LogP contribution in [0.2, 0.25) is 0 Å². The maximum absolute atomic E-state index is 2.28. The molecule has 0 bridgehead atoms. The lowest BCUT2D eigenvalue weighted by atomic mass is 9.91. The zero-order valence-corrected chi connectivity index (χ0v) is 10.5. The van der Waals surface area contributed by atoms with Crippen molar-refractivity contribution in [2.24, 2.45) is 0 Å². The monoisotopic (exact) mass is 212 g/mol. The van der Waals surface area contributed by atoms with Crippen LogP contribution in [0.3, 0.4) is 0 Å². The normalized spacial score (nSPS) is 11.2. The van der Waals surface area contributed by atoms with E-state index in [0.29, 0.717) is 5.92 Å². The Morgan fingerprint density at radius 3 is 2.31 bits per heavy atom. The molecule has 0 atom stereocenters. The third-order valence-electron chi connectivity index (χ3n) is 3.16. The molecule has 2 aromatic rings. The molecule has 16 heavy (non-hydrogen) atoms. The molecule has 0 aromatic heterocycles. The van der Waals surface area contributed by atoms with E-state index in [0.717, 1.165) is 0 Å². The zero-order chi connectivity index (χ0) is 11.5. The first-order valence-electron chi connectivity index (χ1n) is 6.24. The standard InChI is InChI=1S/C16H20/c1-4-7-13-8-5-9-14-10-6-11-15(12(2)3)16(13)14/h5-6,8-12H,4,7H2,1-3H3. The summed E-state index contributed by atoms with van der Waals surface area (Å²) >= 11 is 0. The molecule has 0 radical (unpaired) electrons. The van der Waals surface area contributed by atoms with Crippen molar-refractivity contribution in [3.8, 4) is 0 Å². The Balaban J connectivity index is 2.71. The predicted molar refractivity (Wildman–Crippen MR) is 72.0 cm³/mol. The van der Waals surface area contributed by atoms with E-state index in [1.807, 2.05) is 0 Å². The third-order valence-corrected chi connectivity index (χ3v) is 3.16. The fourth-order valence-electron chi connectivity index (χ4n) is 2.41. The Labute approximate surface area is 98.3 Å². The first kappa shape index (κ1) is 11.2. The van der Waals surface area contributed by atoms with Gasteiger partial charge in [0.2, 0.25) is 0 Å². The van der Waals surface area contributed by atoms with Crippen molar-refractivity contribution in [1.29, 1.82) is 0 Å². The van der Waals surface area contributed by atoms with Crippen molar-refractivity contribution in [3.63, 3.8) is 0 Å². The van der Waals surface area contributed by atoms with Gasteiger partial charge in [0.15, 0.2) is 0 Å². The smallest absolute Gasteiger partial charge is 0.0117 e.